The first kappa shape index (κ1) is 15.3. The van der Waals surface area contributed by atoms with Crippen LogP contribution in [0.1, 0.15) is 32.8 Å². The van der Waals surface area contributed by atoms with E-state index in [1.165, 1.54) is 0 Å². The van der Waals surface area contributed by atoms with Gasteiger partial charge in [-0.1, -0.05) is 31.5 Å². The van der Waals surface area contributed by atoms with Gasteiger partial charge in [0.15, 0.2) is 0 Å². The van der Waals surface area contributed by atoms with Gasteiger partial charge in [0, 0.05) is 6.54 Å². The van der Waals surface area contributed by atoms with Gasteiger partial charge in [-0.15, -0.1) is 0 Å². The van der Waals surface area contributed by atoms with Gasteiger partial charge in [-0.05, 0) is 37.8 Å². The highest BCUT2D eigenvalue weighted by Gasteiger charge is 2.57. The highest BCUT2D eigenvalue weighted by Crippen LogP contribution is 2.46. The number of hydrogen-bond donors (Lipinski definition) is 0. The maximum atomic E-state index is 12.8. The summed E-state index contributed by atoms with van der Waals surface area (Å²) in [6.07, 6.45) is 0.811. The molecule has 0 aliphatic carbocycles. The van der Waals surface area contributed by atoms with E-state index in [1.807, 2.05) is 13.8 Å². The Kier molecular flexibility index (Phi) is 3.12. The molecule has 2 aliphatic heterocycles. The van der Waals surface area contributed by atoms with E-state index >= 15 is 0 Å². The molecule has 0 bridgehead atoms. The lowest BCUT2D eigenvalue weighted by Gasteiger charge is -2.24. The van der Waals surface area contributed by atoms with Crippen LogP contribution in [0.4, 0.5) is 4.79 Å². The first-order valence-corrected chi connectivity index (χ1v) is 8.90. The van der Waals surface area contributed by atoms with E-state index in [2.05, 4.69) is 13.8 Å². The molecule has 5 nitrogen and oxygen atoms in total. The van der Waals surface area contributed by atoms with Crippen LogP contribution in [-0.4, -0.2) is 42.3 Å². The Hall–Kier alpha value is -1.56. The van der Waals surface area contributed by atoms with Crippen LogP contribution in [0.5, 0.6) is 0 Å². The number of nitrogens with zero attached hydrogens (tertiary/aromatic N) is 2. The third-order valence-electron chi connectivity index (χ3n) is 4.63. The number of aryl methyl sites for hydroxylation is 1. The maximum absolute atomic E-state index is 12.8. The molecule has 3 rings (SSSR count). The van der Waals surface area contributed by atoms with Crippen LogP contribution in [0.25, 0.3) is 0 Å². The summed E-state index contributed by atoms with van der Waals surface area (Å²) < 4.78 is 26.6. The normalized spacial score (nSPS) is 27.4. The SMILES string of the molecule is Cc1ccc(S(=O)(=O)N2CC3(C)CC(C)(C)CN3C2=O)cc1. The summed E-state index contributed by atoms with van der Waals surface area (Å²) >= 11 is 0. The number of urea groups is 1. The Morgan fingerprint density at radius 1 is 1.05 bits per heavy atom. The molecule has 22 heavy (non-hydrogen) atoms. The first-order valence-electron chi connectivity index (χ1n) is 7.46. The zero-order chi connectivity index (χ0) is 16.3. The molecular weight excluding hydrogens is 300 g/mol. The molecule has 1 unspecified atom stereocenters. The van der Waals surface area contributed by atoms with Gasteiger partial charge in [0.05, 0.1) is 17.0 Å². The van der Waals surface area contributed by atoms with Crippen LogP contribution in [0.15, 0.2) is 29.2 Å². The molecule has 120 valence electrons. The van der Waals surface area contributed by atoms with Gasteiger partial charge < -0.3 is 4.90 Å². The Bertz CT molecular complexity index is 724. The van der Waals surface area contributed by atoms with Crippen molar-refractivity contribution in [1.82, 2.24) is 9.21 Å². The lowest BCUT2D eigenvalue weighted by Crippen LogP contribution is -2.38. The molecule has 2 heterocycles. The number of sulfonamides is 1. The highest BCUT2D eigenvalue weighted by atomic mass is 32.2. The first-order chi connectivity index (χ1) is 10.1. The van der Waals surface area contributed by atoms with E-state index in [4.69, 9.17) is 0 Å². The molecule has 0 saturated carbocycles. The van der Waals surface area contributed by atoms with Crippen molar-refractivity contribution in [1.29, 1.82) is 0 Å². The Labute approximate surface area is 132 Å². The van der Waals surface area contributed by atoms with Crippen LogP contribution in [0.3, 0.4) is 0 Å². The Balaban J connectivity index is 1.95. The van der Waals surface area contributed by atoms with Gasteiger partial charge in [0.2, 0.25) is 0 Å². The molecule has 0 N–H and O–H groups in total. The molecular formula is C16H22N2O3S. The summed E-state index contributed by atoms with van der Waals surface area (Å²) in [5.41, 5.74) is 0.615. The Morgan fingerprint density at radius 3 is 2.18 bits per heavy atom. The molecule has 6 heteroatoms. The van der Waals surface area contributed by atoms with E-state index < -0.39 is 21.6 Å². The number of carbonyl (C=O) groups is 1. The van der Waals surface area contributed by atoms with Crippen LogP contribution in [0.2, 0.25) is 0 Å². The molecule has 0 radical (unpaired) electrons. The van der Waals surface area contributed by atoms with Crippen LogP contribution < -0.4 is 0 Å². The van der Waals surface area contributed by atoms with Crippen molar-refractivity contribution < 1.29 is 13.2 Å². The lowest BCUT2D eigenvalue weighted by molar-refractivity contribution is 0.190. The van der Waals surface area contributed by atoms with Crippen LogP contribution in [-0.2, 0) is 10.0 Å². The van der Waals surface area contributed by atoms with Crippen LogP contribution in [0, 0.1) is 12.3 Å². The number of amides is 2. The average molecular weight is 322 g/mol. The van der Waals surface area contributed by atoms with Gasteiger partial charge in [0.1, 0.15) is 0 Å². The van der Waals surface area contributed by atoms with E-state index in [0.29, 0.717) is 6.54 Å². The summed E-state index contributed by atoms with van der Waals surface area (Å²) in [7, 11) is -3.78. The molecule has 1 atom stereocenters. The van der Waals surface area contributed by atoms with Gasteiger partial charge in [-0.2, -0.15) is 0 Å². The molecule has 0 aromatic heterocycles. The van der Waals surface area contributed by atoms with Gasteiger partial charge in [0.25, 0.3) is 10.0 Å². The van der Waals surface area contributed by atoms with Crippen molar-refractivity contribution in [3.63, 3.8) is 0 Å². The number of carbonyl (C=O) groups excluding carboxylic acids is 1. The largest absolute Gasteiger partial charge is 0.334 e. The Morgan fingerprint density at radius 2 is 1.64 bits per heavy atom. The molecule has 2 aliphatic rings. The quantitative estimate of drug-likeness (QED) is 0.841. The van der Waals surface area contributed by atoms with Crippen molar-refractivity contribution in [2.45, 2.75) is 44.6 Å². The van der Waals surface area contributed by atoms with Crippen molar-refractivity contribution >= 4 is 16.1 Å². The number of fused-ring (bicyclic) bond motifs is 1. The van der Waals surface area contributed by atoms with Crippen LogP contribution >= 0.6 is 0 Å². The summed E-state index contributed by atoms with van der Waals surface area (Å²) in [4.78, 5) is 14.5. The minimum atomic E-state index is -3.78. The van der Waals surface area contributed by atoms with Crippen molar-refractivity contribution in [2.75, 3.05) is 13.1 Å². The number of benzene rings is 1. The smallest absolute Gasteiger partial charge is 0.316 e. The van der Waals surface area contributed by atoms with Crippen molar-refractivity contribution in [3.8, 4) is 0 Å². The van der Waals surface area contributed by atoms with Crippen molar-refractivity contribution in [2.24, 2.45) is 5.41 Å². The van der Waals surface area contributed by atoms with Gasteiger partial charge >= 0.3 is 6.03 Å². The second-order valence-electron chi connectivity index (χ2n) is 7.53. The topological polar surface area (TPSA) is 57.7 Å². The summed E-state index contributed by atoms with van der Waals surface area (Å²) in [6.45, 7) is 8.93. The third-order valence-corrected chi connectivity index (χ3v) is 6.37. The standard InChI is InChI=1S/C16H22N2O3S/c1-12-5-7-13(8-6-12)22(20,21)18-11-16(4)9-15(2,3)10-17(16)14(18)19/h5-8H,9-11H2,1-4H3. The van der Waals surface area contributed by atoms with Gasteiger partial charge in [-0.25, -0.2) is 17.5 Å². The molecule has 0 spiro atoms. The monoisotopic (exact) mass is 322 g/mol. The zero-order valence-electron chi connectivity index (χ0n) is 13.5. The fraction of sp³-hybridized carbons (Fsp3) is 0.562. The van der Waals surface area contributed by atoms with E-state index in [9.17, 15) is 13.2 Å². The highest BCUT2D eigenvalue weighted by molar-refractivity contribution is 7.89. The maximum Gasteiger partial charge on any atom is 0.334 e. The zero-order valence-corrected chi connectivity index (χ0v) is 14.3. The minimum Gasteiger partial charge on any atom is -0.316 e. The predicted molar refractivity (Wildman–Crippen MR) is 84.0 cm³/mol. The van der Waals surface area contributed by atoms with E-state index in [1.54, 1.807) is 29.2 Å². The molecule has 1 aromatic carbocycles. The van der Waals surface area contributed by atoms with Crippen molar-refractivity contribution in [3.05, 3.63) is 29.8 Å². The number of rotatable bonds is 2. The third kappa shape index (κ3) is 2.20. The average Bonchev–Trinajstić information content (AvgIpc) is 2.78. The molecule has 1 aromatic rings. The summed E-state index contributed by atoms with van der Waals surface area (Å²) in [5.74, 6) is 0. The van der Waals surface area contributed by atoms with Gasteiger partial charge in [-0.3, -0.25) is 0 Å². The minimum absolute atomic E-state index is 0.0319. The summed E-state index contributed by atoms with van der Waals surface area (Å²) in [6, 6.07) is 6.23. The fourth-order valence-corrected chi connectivity index (χ4v) is 5.26. The molecule has 2 saturated heterocycles. The van der Waals surface area contributed by atoms with E-state index in [-0.39, 0.29) is 16.9 Å². The second-order valence-corrected chi connectivity index (χ2v) is 9.39. The second kappa shape index (κ2) is 4.47. The summed E-state index contributed by atoms with van der Waals surface area (Å²) in [5, 5.41) is 0. The van der Waals surface area contributed by atoms with E-state index in [0.717, 1.165) is 16.3 Å². The number of hydrogen-bond acceptors (Lipinski definition) is 3. The predicted octanol–water partition coefficient (Wildman–Crippen LogP) is 2.61. The lowest BCUT2D eigenvalue weighted by atomic mass is 9.85. The molecule has 2 amide bonds. The molecule has 2 fully saturated rings. The fourth-order valence-electron chi connectivity index (χ4n) is 3.78.